The van der Waals surface area contributed by atoms with E-state index >= 15 is 0 Å². The number of carbonyl (C=O) groups excluding carboxylic acids is 2. The summed E-state index contributed by atoms with van der Waals surface area (Å²) < 4.78 is 5.50. The number of hydrogen-bond acceptors (Lipinski definition) is 7. The molecule has 42 heavy (non-hydrogen) atoms. The van der Waals surface area contributed by atoms with Gasteiger partial charge in [0.15, 0.2) is 0 Å². The van der Waals surface area contributed by atoms with Crippen LogP contribution >= 0.6 is 0 Å². The normalized spacial score (nSPS) is 18.0. The molecule has 2 aliphatic heterocycles. The third kappa shape index (κ3) is 8.14. The van der Waals surface area contributed by atoms with Gasteiger partial charge in [0.05, 0.1) is 11.9 Å². The summed E-state index contributed by atoms with van der Waals surface area (Å²) in [5, 5.41) is 2.88. The number of carbonyl (C=O) groups is 2. The van der Waals surface area contributed by atoms with Gasteiger partial charge in [-0.05, 0) is 68.1 Å². The predicted octanol–water partition coefficient (Wildman–Crippen LogP) is 5.16. The Morgan fingerprint density at radius 2 is 1.74 bits per heavy atom. The molecule has 0 spiro atoms. The van der Waals surface area contributed by atoms with E-state index in [2.05, 4.69) is 44.1 Å². The number of pyridine rings is 2. The van der Waals surface area contributed by atoms with Crippen molar-refractivity contribution in [3.8, 4) is 5.88 Å². The molecule has 5 rings (SSSR count). The molecule has 1 atom stereocenters. The van der Waals surface area contributed by atoms with Crippen LogP contribution < -0.4 is 10.1 Å². The number of aryl methyl sites for hydroxylation is 1. The van der Waals surface area contributed by atoms with Gasteiger partial charge in [0.25, 0.3) is 5.91 Å². The number of piperidine rings is 1. The van der Waals surface area contributed by atoms with Crippen LogP contribution in [0.15, 0.2) is 60.9 Å². The van der Waals surface area contributed by atoms with Crippen LogP contribution in [-0.2, 0) is 13.0 Å². The van der Waals surface area contributed by atoms with Crippen molar-refractivity contribution in [2.75, 3.05) is 44.6 Å². The Balaban J connectivity index is 1.04. The minimum absolute atomic E-state index is 0.200. The van der Waals surface area contributed by atoms with Gasteiger partial charge in [0.2, 0.25) is 5.88 Å². The van der Waals surface area contributed by atoms with Crippen molar-refractivity contribution in [3.05, 3.63) is 83.3 Å². The zero-order chi connectivity index (χ0) is 29.3. The molecule has 1 unspecified atom stereocenters. The van der Waals surface area contributed by atoms with E-state index in [1.807, 2.05) is 37.4 Å². The van der Waals surface area contributed by atoms with Gasteiger partial charge in [0, 0.05) is 75.3 Å². The summed E-state index contributed by atoms with van der Waals surface area (Å²) in [6, 6.07) is 15.9. The summed E-state index contributed by atoms with van der Waals surface area (Å²) in [4.78, 5) is 40.8. The fraction of sp³-hybridized carbons (Fsp3) is 0.455. The molecular formula is C33H42N6O3. The monoisotopic (exact) mass is 570 g/mol. The fourth-order valence-corrected chi connectivity index (χ4v) is 5.67. The maximum Gasteiger partial charge on any atom is 0.416 e. The van der Waals surface area contributed by atoms with Gasteiger partial charge in [-0.15, -0.1) is 0 Å². The lowest BCUT2D eigenvalue weighted by Crippen LogP contribution is -2.50. The molecule has 2 aliphatic rings. The number of ether oxygens (including phenoxy) is 1. The van der Waals surface area contributed by atoms with E-state index < -0.39 is 6.09 Å². The van der Waals surface area contributed by atoms with Crippen molar-refractivity contribution in [3.63, 3.8) is 0 Å². The first-order chi connectivity index (χ1) is 20.5. The summed E-state index contributed by atoms with van der Waals surface area (Å²) in [5.74, 6) is 0.00635. The van der Waals surface area contributed by atoms with E-state index in [9.17, 15) is 9.59 Å². The standard InChI is InChI=1S/C33H42N6O3/c1-3-30-6-4-5-16-39(30)24-26-8-10-27(11-9-26)32(40)36-29-13-14-31(35-23-29)42-33(41)38-20-18-37(19-21-38)17-15-28-12-7-25(2)22-34-28/h7-14,22-23,30H,3-6,15-21,24H2,1-2H3,(H,36,40). The van der Waals surface area contributed by atoms with Crippen LogP contribution in [0.5, 0.6) is 5.88 Å². The minimum atomic E-state index is -0.408. The Morgan fingerprint density at radius 1 is 0.929 bits per heavy atom. The van der Waals surface area contributed by atoms with Gasteiger partial charge >= 0.3 is 6.09 Å². The van der Waals surface area contributed by atoms with Crippen LogP contribution in [0, 0.1) is 6.92 Å². The second kappa shape index (κ2) is 14.4. The fourth-order valence-electron chi connectivity index (χ4n) is 5.67. The number of anilines is 1. The summed E-state index contributed by atoms with van der Waals surface area (Å²) in [5.41, 5.74) is 4.60. The second-order valence-electron chi connectivity index (χ2n) is 11.3. The molecule has 222 valence electrons. The summed E-state index contributed by atoms with van der Waals surface area (Å²) in [6.07, 6.45) is 8.91. The third-order valence-electron chi connectivity index (χ3n) is 8.30. The van der Waals surface area contributed by atoms with Gasteiger partial charge in [-0.2, -0.15) is 0 Å². The molecule has 3 aromatic rings. The molecule has 1 N–H and O–H groups in total. The van der Waals surface area contributed by atoms with Crippen molar-refractivity contribution in [2.24, 2.45) is 0 Å². The lowest BCUT2D eigenvalue weighted by atomic mass is 9.99. The highest BCUT2D eigenvalue weighted by atomic mass is 16.6. The summed E-state index contributed by atoms with van der Waals surface area (Å²) in [6.45, 7) is 10.1. The van der Waals surface area contributed by atoms with Crippen LogP contribution in [0.25, 0.3) is 0 Å². The molecule has 0 aliphatic carbocycles. The number of rotatable bonds is 9. The molecule has 0 bridgehead atoms. The first-order valence-corrected chi connectivity index (χ1v) is 15.2. The number of piperazine rings is 1. The van der Waals surface area contributed by atoms with Gasteiger partial charge in [-0.25, -0.2) is 9.78 Å². The highest BCUT2D eigenvalue weighted by Gasteiger charge is 2.23. The molecule has 2 aromatic heterocycles. The molecule has 9 nitrogen and oxygen atoms in total. The molecular weight excluding hydrogens is 528 g/mol. The van der Waals surface area contributed by atoms with E-state index in [0.717, 1.165) is 50.4 Å². The van der Waals surface area contributed by atoms with Gasteiger partial charge < -0.3 is 15.0 Å². The summed E-state index contributed by atoms with van der Waals surface area (Å²) >= 11 is 0. The zero-order valence-corrected chi connectivity index (χ0v) is 24.8. The number of aromatic nitrogens is 2. The third-order valence-corrected chi connectivity index (χ3v) is 8.30. The Labute approximate surface area is 248 Å². The van der Waals surface area contributed by atoms with Crippen molar-refractivity contribution in [1.82, 2.24) is 24.7 Å². The number of nitrogens with zero attached hydrogens (tertiary/aromatic N) is 5. The predicted molar refractivity (Wildman–Crippen MR) is 164 cm³/mol. The Bertz CT molecular complexity index is 1310. The van der Waals surface area contributed by atoms with Crippen LogP contribution in [0.4, 0.5) is 10.5 Å². The summed E-state index contributed by atoms with van der Waals surface area (Å²) in [7, 11) is 0. The topological polar surface area (TPSA) is 90.9 Å². The van der Waals surface area contributed by atoms with Gasteiger partial charge in [0.1, 0.15) is 0 Å². The molecule has 9 heteroatoms. The second-order valence-corrected chi connectivity index (χ2v) is 11.3. The van der Waals surface area contributed by atoms with E-state index in [1.165, 1.54) is 37.4 Å². The Hall–Kier alpha value is -3.82. The molecule has 1 aromatic carbocycles. The van der Waals surface area contributed by atoms with Crippen molar-refractivity contribution >= 4 is 17.7 Å². The molecule has 0 saturated carbocycles. The van der Waals surface area contributed by atoms with Crippen LogP contribution in [0.3, 0.4) is 0 Å². The number of likely N-dealkylation sites (tertiary alicyclic amines) is 1. The first-order valence-electron chi connectivity index (χ1n) is 15.2. The van der Waals surface area contributed by atoms with E-state index in [0.29, 0.717) is 30.4 Å². The van der Waals surface area contributed by atoms with Crippen LogP contribution in [0.2, 0.25) is 0 Å². The smallest absolute Gasteiger partial charge is 0.391 e. The van der Waals surface area contributed by atoms with Gasteiger partial charge in [-0.1, -0.05) is 31.5 Å². The van der Waals surface area contributed by atoms with Crippen molar-refractivity contribution in [2.45, 2.75) is 58.5 Å². The van der Waals surface area contributed by atoms with Crippen LogP contribution in [0.1, 0.15) is 59.8 Å². The lowest BCUT2D eigenvalue weighted by Gasteiger charge is -2.35. The molecule has 2 fully saturated rings. The number of amides is 2. The van der Waals surface area contributed by atoms with E-state index in [-0.39, 0.29) is 11.8 Å². The number of nitrogens with one attached hydrogen (secondary N) is 1. The first kappa shape index (κ1) is 29.7. The van der Waals surface area contributed by atoms with Crippen molar-refractivity contribution in [1.29, 1.82) is 0 Å². The zero-order valence-electron chi connectivity index (χ0n) is 24.8. The molecule has 2 saturated heterocycles. The van der Waals surface area contributed by atoms with Gasteiger partial charge in [-0.3, -0.25) is 19.6 Å². The van der Waals surface area contributed by atoms with Crippen LogP contribution in [-0.4, -0.2) is 82.0 Å². The maximum atomic E-state index is 12.8. The SMILES string of the molecule is CCC1CCCCN1Cc1ccc(C(=O)Nc2ccc(OC(=O)N3CCN(CCc4ccc(C)cn4)CC3)nc2)cc1. The lowest BCUT2D eigenvalue weighted by molar-refractivity contribution is 0.102. The van der Waals surface area contributed by atoms with Crippen molar-refractivity contribution < 1.29 is 14.3 Å². The Kier molecular flexibility index (Phi) is 10.2. The Morgan fingerprint density at radius 3 is 2.43 bits per heavy atom. The van der Waals surface area contributed by atoms with E-state index in [1.54, 1.807) is 17.0 Å². The maximum absolute atomic E-state index is 12.8. The highest BCUT2D eigenvalue weighted by Crippen LogP contribution is 2.22. The molecule has 4 heterocycles. The molecule has 0 radical (unpaired) electrons. The van der Waals surface area contributed by atoms with E-state index in [4.69, 9.17) is 4.74 Å². The minimum Gasteiger partial charge on any atom is -0.391 e. The molecule has 2 amide bonds. The average molecular weight is 571 g/mol. The number of benzene rings is 1. The average Bonchev–Trinajstić information content (AvgIpc) is 3.02. The highest BCUT2D eigenvalue weighted by molar-refractivity contribution is 6.04. The number of hydrogen-bond donors (Lipinski definition) is 1. The largest absolute Gasteiger partial charge is 0.416 e. The quantitative estimate of drug-likeness (QED) is 0.380.